The molecule has 92 valence electrons. The molecule has 1 aromatic carbocycles. The zero-order valence-corrected chi connectivity index (χ0v) is 11.0. The van der Waals surface area contributed by atoms with Crippen molar-refractivity contribution in [3.05, 3.63) is 35.4 Å². The van der Waals surface area contributed by atoms with Gasteiger partial charge >= 0.3 is 0 Å². The smallest absolute Gasteiger partial charge is 0.164 e. The van der Waals surface area contributed by atoms with Gasteiger partial charge in [-0.3, -0.25) is 0 Å². The fraction of sp³-hybridized carbons (Fsp3) is 0.600. The molecule has 2 heteroatoms. The summed E-state index contributed by atoms with van der Waals surface area (Å²) in [6, 6.07) is 8.58. The van der Waals surface area contributed by atoms with Crippen LogP contribution in [0.15, 0.2) is 24.3 Å². The van der Waals surface area contributed by atoms with E-state index in [1.165, 1.54) is 11.1 Å². The van der Waals surface area contributed by atoms with Gasteiger partial charge in [0.2, 0.25) is 0 Å². The molecule has 0 amide bonds. The van der Waals surface area contributed by atoms with Gasteiger partial charge in [-0.05, 0) is 30.9 Å². The summed E-state index contributed by atoms with van der Waals surface area (Å²) in [6.45, 7) is 8.47. The van der Waals surface area contributed by atoms with Crippen molar-refractivity contribution in [1.82, 2.24) is 0 Å². The normalized spacial score (nSPS) is 33.8. The zero-order chi connectivity index (χ0) is 12.3. The van der Waals surface area contributed by atoms with Gasteiger partial charge in [0, 0.05) is 6.42 Å². The highest BCUT2D eigenvalue weighted by Gasteiger charge is 2.59. The van der Waals surface area contributed by atoms with Crippen LogP contribution in [0.2, 0.25) is 0 Å². The van der Waals surface area contributed by atoms with Crippen molar-refractivity contribution >= 4 is 0 Å². The van der Waals surface area contributed by atoms with Crippen LogP contribution in [0.1, 0.15) is 38.8 Å². The van der Waals surface area contributed by atoms with Gasteiger partial charge in [0.05, 0.1) is 6.10 Å². The largest absolute Gasteiger partial charge is 0.344 e. The van der Waals surface area contributed by atoms with E-state index in [0.29, 0.717) is 5.92 Å². The predicted octanol–water partition coefficient (Wildman–Crippen LogP) is 3.25. The van der Waals surface area contributed by atoms with E-state index in [2.05, 4.69) is 38.1 Å². The van der Waals surface area contributed by atoms with Crippen LogP contribution >= 0.6 is 0 Å². The first-order valence-electron chi connectivity index (χ1n) is 6.42. The Hall–Kier alpha value is -0.860. The van der Waals surface area contributed by atoms with Crippen molar-refractivity contribution in [2.24, 2.45) is 5.92 Å². The Kier molecular flexibility index (Phi) is 2.20. The van der Waals surface area contributed by atoms with E-state index in [9.17, 15) is 0 Å². The van der Waals surface area contributed by atoms with E-state index >= 15 is 0 Å². The van der Waals surface area contributed by atoms with Gasteiger partial charge in [-0.15, -0.1) is 0 Å². The number of ether oxygens (including phenoxy) is 2. The SMILES string of the molecule is CC(C)[C@@]12OC(C)(C)O[C@@H]1Cc1ccccc12. The first kappa shape index (κ1) is 11.2. The second kappa shape index (κ2) is 3.33. The molecular weight excluding hydrogens is 212 g/mol. The summed E-state index contributed by atoms with van der Waals surface area (Å²) in [5.41, 5.74) is 2.45. The lowest BCUT2D eigenvalue weighted by Gasteiger charge is -2.33. The molecule has 0 radical (unpaired) electrons. The van der Waals surface area contributed by atoms with Crippen LogP contribution in [0.5, 0.6) is 0 Å². The summed E-state index contributed by atoms with van der Waals surface area (Å²) in [5, 5.41) is 0. The van der Waals surface area contributed by atoms with Gasteiger partial charge in [0.1, 0.15) is 5.60 Å². The van der Waals surface area contributed by atoms with Crippen molar-refractivity contribution < 1.29 is 9.47 Å². The second-order valence-electron chi connectivity index (χ2n) is 5.92. The van der Waals surface area contributed by atoms with Gasteiger partial charge in [-0.25, -0.2) is 0 Å². The van der Waals surface area contributed by atoms with E-state index in [-0.39, 0.29) is 11.7 Å². The summed E-state index contributed by atoms with van der Waals surface area (Å²) in [4.78, 5) is 0. The fourth-order valence-corrected chi connectivity index (χ4v) is 3.43. The number of benzene rings is 1. The highest BCUT2D eigenvalue weighted by Crippen LogP contribution is 2.54. The summed E-state index contributed by atoms with van der Waals surface area (Å²) in [5.74, 6) is -0.0550. The Bertz CT molecular complexity index is 450. The molecular formula is C15H20O2. The molecule has 1 aliphatic carbocycles. The highest BCUT2D eigenvalue weighted by atomic mass is 16.8. The van der Waals surface area contributed by atoms with E-state index in [1.54, 1.807) is 0 Å². The molecule has 0 N–H and O–H groups in total. The van der Waals surface area contributed by atoms with Crippen LogP contribution in [0.3, 0.4) is 0 Å². The van der Waals surface area contributed by atoms with Crippen LogP contribution in [0, 0.1) is 5.92 Å². The van der Waals surface area contributed by atoms with Gasteiger partial charge in [-0.1, -0.05) is 38.1 Å². The second-order valence-corrected chi connectivity index (χ2v) is 5.92. The lowest BCUT2D eigenvalue weighted by molar-refractivity contribution is -0.175. The molecule has 0 unspecified atom stereocenters. The van der Waals surface area contributed by atoms with Crippen LogP contribution in [0.25, 0.3) is 0 Å². The van der Waals surface area contributed by atoms with Crippen molar-refractivity contribution in [2.45, 2.75) is 51.6 Å². The molecule has 1 fully saturated rings. The Labute approximate surface area is 103 Å². The van der Waals surface area contributed by atoms with Gasteiger partial charge in [0.15, 0.2) is 5.79 Å². The lowest BCUT2D eigenvalue weighted by Crippen LogP contribution is -2.39. The Balaban J connectivity index is 2.15. The molecule has 3 rings (SSSR count). The maximum Gasteiger partial charge on any atom is 0.164 e. The Morgan fingerprint density at radius 1 is 1.24 bits per heavy atom. The number of fused-ring (bicyclic) bond motifs is 3. The quantitative estimate of drug-likeness (QED) is 0.740. The molecule has 0 bridgehead atoms. The Morgan fingerprint density at radius 3 is 2.65 bits per heavy atom. The molecule has 1 saturated heterocycles. The lowest BCUT2D eigenvalue weighted by atomic mass is 9.83. The highest BCUT2D eigenvalue weighted by molar-refractivity contribution is 5.41. The third kappa shape index (κ3) is 1.40. The van der Waals surface area contributed by atoms with Crippen LogP contribution < -0.4 is 0 Å². The number of hydrogen-bond acceptors (Lipinski definition) is 2. The van der Waals surface area contributed by atoms with Crippen molar-refractivity contribution in [3.63, 3.8) is 0 Å². The van der Waals surface area contributed by atoms with Crippen LogP contribution in [-0.4, -0.2) is 11.9 Å². The topological polar surface area (TPSA) is 18.5 Å². The van der Waals surface area contributed by atoms with Crippen LogP contribution in [0.4, 0.5) is 0 Å². The minimum absolute atomic E-state index is 0.162. The molecule has 2 nitrogen and oxygen atoms in total. The third-order valence-electron chi connectivity index (χ3n) is 4.02. The number of hydrogen-bond donors (Lipinski definition) is 0. The standard InChI is InChI=1S/C15H20O2/c1-10(2)15-12-8-6-5-7-11(12)9-13(15)16-14(3,4)17-15/h5-8,10,13H,9H2,1-4H3/t13-,15+/m1/s1. The molecule has 2 aliphatic rings. The first-order valence-corrected chi connectivity index (χ1v) is 6.42. The molecule has 2 atom stereocenters. The summed E-state index contributed by atoms with van der Waals surface area (Å²) < 4.78 is 12.4. The zero-order valence-electron chi connectivity index (χ0n) is 11.0. The molecule has 1 heterocycles. The predicted molar refractivity (Wildman–Crippen MR) is 66.7 cm³/mol. The van der Waals surface area contributed by atoms with Gasteiger partial charge in [-0.2, -0.15) is 0 Å². The average molecular weight is 232 g/mol. The van der Waals surface area contributed by atoms with Gasteiger partial charge in [0.25, 0.3) is 0 Å². The third-order valence-corrected chi connectivity index (χ3v) is 4.02. The minimum atomic E-state index is -0.470. The van der Waals surface area contributed by atoms with E-state index in [1.807, 2.05) is 13.8 Å². The molecule has 0 saturated carbocycles. The molecule has 17 heavy (non-hydrogen) atoms. The number of rotatable bonds is 1. The summed E-state index contributed by atoms with van der Waals surface area (Å²) >= 11 is 0. The molecule has 1 aromatic rings. The van der Waals surface area contributed by atoms with E-state index in [4.69, 9.17) is 9.47 Å². The maximum absolute atomic E-state index is 6.33. The average Bonchev–Trinajstić information content (AvgIpc) is 2.66. The van der Waals surface area contributed by atoms with E-state index in [0.717, 1.165) is 6.42 Å². The Morgan fingerprint density at radius 2 is 1.94 bits per heavy atom. The molecule has 1 aliphatic heterocycles. The monoisotopic (exact) mass is 232 g/mol. The van der Waals surface area contributed by atoms with Gasteiger partial charge < -0.3 is 9.47 Å². The fourth-order valence-electron chi connectivity index (χ4n) is 3.43. The summed E-state index contributed by atoms with van der Waals surface area (Å²) in [6.07, 6.45) is 1.13. The van der Waals surface area contributed by atoms with Crippen molar-refractivity contribution in [1.29, 1.82) is 0 Å². The maximum atomic E-state index is 6.33. The van der Waals surface area contributed by atoms with Crippen LogP contribution in [-0.2, 0) is 21.5 Å². The minimum Gasteiger partial charge on any atom is -0.344 e. The van der Waals surface area contributed by atoms with Crippen molar-refractivity contribution in [2.75, 3.05) is 0 Å². The van der Waals surface area contributed by atoms with E-state index < -0.39 is 5.79 Å². The first-order chi connectivity index (χ1) is 7.96. The summed E-state index contributed by atoms with van der Waals surface area (Å²) in [7, 11) is 0. The molecule has 0 aromatic heterocycles. The van der Waals surface area contributed by atoms with Crippen molar-refractivity contribution in [3.8, 4) is 0 Å². The molecule has 0 spiro atoms.